The van der Waals surface area contributed by atoms with Crippen LogP contribution in [-0.4, -0.2) is 35.2 Å². The predicted molar refractivity (Wildman–Crippen MR) is 60.3 cm³/mol. The van der Waals surface area contributed by atoms with Gasteiger partial charge in [0, 0.05) is 18.0 Å². The van der Waals surface area contributed by atoms with Crippen molar-refractivity contribution in [2.45, 2.75) is 59.1 Å². The third-order valence-corrected chi connectivity index (χ3v) is 3.71. The van der Waals surface area contributed by atoms with Crippen LogP contribution in [0.3, 0.4) is 0 Å². The Bertz CT molecular complexity index is 177. The van der Waals surface area contributed by atoms with Crippen LogP contribution in [0.4, 0.5) is 0 Å². The largest absolute Gasteiger partial charge is 0.393 e. The molecule has 0 aromatic rings. The molecule has 1 fully saturated rings. The second-order valence-corrected chi connectivity index (χ2v) is 5.34. The third-order valence-electron chi connectivity index (χ3n) is 3.71. The molecule has 0 radical (unpaired) electrons. The molecule has 14 heavy (non-hydrogen) atoms. The SMILES string of the molecule is CCC1CCCN1CC(C)(C)C(C)O. The highest BCUT2D eigenvalue weighted by molar-refractivity contribution is 4.85. The molecule has 0 aromatic carbocycles. The molecule has 2 atom stereocenters. The number of hydrogen-bond donors (Lipinski definition) is 1. The molecule has 0 saturated carbocycles. The summed E-state index contributed by atoms with van der Waals surface area (Å²) in [5.74, 6) is 0. The number of aliphatic hydroxyl groups excluding tert-OH is 1. The fourth-order valence-corrected chi connectivity index (χ4v) is 2.22. The first kappa shape index (κ1) is 12.0. The summed E-state index contributed by atoms with van der Waals surface area (Å²) in [5, 5.41) is 9.67. The zero-order valence-corrected chi connectivity index (χ0v) is 10.1. The molecule has 0 aromatic heterocycles. The average molecular weight is 199 g/mol. The van der Waals surface area contributed by atoms with Crippen LogP contribution in [0.25, 0.3) is 0 Å². The topological polar surface area (TPSA) is 23.5 Å². The number of likely N-dealkylation sites (tertiary alicyclic amines) is 1. The van der Waals surface area contributed by atoms with Crippen LogP contribution in [0.1, 0.15) is 47.0 Å². The van der Waals surface area contributed by atoms with Gasteiger partial charge in [0.2, 0.25) is 0 Å². The van der Waals surface area contributed by atoms with Crippen molar-refractivity contribution in [2.24, 2.45) is 5.41 Å². The lowest BCUT2D eigenvalue weighted by atomic mass is 9.86. The second kappa shape index (κ2) is 4.63. The lowest BCUT2D eigenvalue weighted by Gasteiger charge is -2.35. The predicted octanol–water partition coefficient (Wildman–Crippen LogP) is 2.27. The van der Waals surface area contributed by atoms with Gasteiger partial charge in [0.05, 0.1) is 6.10 Å². The summed E-state index contributed by atoms with van der Waals surface area (Å²) < 4.78 is 0. The fraction of sp³-hybridized carbons (Fsp3) is 1.00. The normalized spacial score (nSPS) is 26.8. The minimum Gasteiger partial charge on any atom is -0.393 e. The van der Waals surface area contributed by atoms with Crippen molar-refractivity contribution in [1.82, 2.24) is 4.90 Å². The molecule has 1 heterocycles. The molecule has 0 spiro atoms. The van der Waals surface area contributed by atoms with Crippen molar-refractivity contribution in [3.8, 4) is 0 Å². The van der Waals surface area contributed by atoms with E-state index in [0.717, 1.165) is 12.6 Å². The summed E-state index contributed by atoms with van der Waals surface area (Å²) >= 11 is 0. The first-order valence-electron chi connectivity index (χ1n) is 5.89. The second-order valence-electron chi connectivity index (χ2n) is 5.34. The molecule has 1 aliphatic heterocycles. The number of aliphatic hydroxyl groups is 1. The molecule has 1 N–H and O–H groups in total. The Balaban J connectivity index is 2.50. The van der Waals surface area contributed by atoms with E-state index in [1.165, 1.54) is 25.8 Å². The molecule has 0 bridgehead atoms. The van der Waals surface area contributed by atoms with Gasteiger partial charge in [-0.15, -0.1) is 0 Å². The van der Waals surface area contributed by atoms with Crippen molar-refractivity contribution >= 4 is 0 Å². The van der Waals surface area contributed by atoms with Crippen LogP contribution >= 0.6 is 0 Å². The van der Waals surface area contributed by atoms with E-state index in [4.69, 9.17) is 0 Å². The minimum absolute atomic E-state index is 0.0256. The Morgan fingerprint density at radius 1 is 1.50 bits per heavy atom. The lowest BCUT2D eigenvalue weighted by Crippen LogP contribution is -2.42. The zero-order valence-electron chi connectivity index (χ0n) is 10.1. The lowest BCUT2D eigenvalue weighted by molar-refractivity contribution is 0.0307. The van der Waals surface area contributed by atoms with Gasteiger partial charge in [0.1, 0.15) is 0 Å². The molecule has 2 unspecified atom stereocenters. The summed E-state index contributed by atoms with van der Waals surface area (Å²) in [5.41, 5.74) is 0.0256. The quantitative estimate of drug-likeness (QED) is 0.751. The van der Waals surface area contributed by atoms with Crippen LogP contribution in [0.2, 0.25) is 0 Å². The summed E-state index contributed by atoms with van der Waals surface area (Å²) in [7, 11) is 0. The summed E-state index contributed by atoms with van der Waals surface area (Å²) in [4.78, 5) is 2.55. The molecule has 84 valence electrons. The van der Waals surface area contributed by atoms with Crippen LogP contribution in [0, 0.1) is 5.41 Å². The summed E-state index contributed by atoms with van der Waals surface area (Å²) in [6.07, 6.45) is 3.69. The molecular weight excluding hydrogens is 174 g/mol. The van der Waals surface area contributed by atoms with Crippen molar-refractivity contribution < 1.29 is 5.11 Å². The Kier molecular flexibility index (Phi) is 3.96. The summed E-state index contributed by atoms with van der Waals surface area (Å²) in [6.45, 7) is 10.7. The molecule has 1 rings (SSSR count). The first-order valence-corrected chi connectivity index (χ1v) is 5.89. The molecule has 1 aliphatic rings. The molecule has 1 saturated heterocycles. The van der Waals surface area contributed by atoms with Gasteiger partial charge < -0.3 is 5.11 Å². The van der Waals surface area contributed by atoms with Crippen molar-refractivity contribution in [3.05, 3.63) is 0 Å². The maximum Gasteiger partial charge on any atom is 0.0575 e. The molecule has 0 amide bonds. The maximum absolute atomic E-state index is 9.67. The van der Waals surface area contributed by atoms with Crippen LogP contribution in [-0.2, 0) is 0 Å². The van der Waals surface area contributed by atoms with Gasteiger partial charge in [-0.2, -0.15) is 0 Å². The van der Waals surface area contributed by atoms with Crippen molar-refractivity contribution in [3.63, 3.8) is 0 Å². The van der Waals surface area contributed by atoms with Gasteiger partial charge in [0.15, 0.2) is 0 Å². The van der Waals surface area contributed by atoms with Crippen LogP contribution < -0.4 is 0 Å². The van der Waals surface area contributed by atoms with E-state index in [0.29, 0.717) is 0 Å². The smallest absolute Gasteiger partial charge is 0.0575 e. The van der Waals surface area contributed by atoms with E-state index in [1.807, 2.05) is 6.92 Å². The highest BCUT2D eigenvalue weighted by atomic mass is 16.3. The van der Waals surface area contributed by atoms with E-state index in [2.05, 4.69) is 25.7 Å². The fourth-order valence-electron chi connectivity index (χ4n) is 2.22. The van der Waals surface area contributed by atoms with Crippen molar-refractivity contribution in [1.29, 1.82) is 0 Å². The van der Waals surface area contributed by atoms with Crippen LogP contribution in [0.15, 0.2) is 0 Å². The summed E-state index contributed by atoms with van der Waals surface area (Å²) in [6, 6.07) is 0.757. The van der Waals surface area contributed by atoms with Gasteiger partial charge >= 0.3 is 0 Å². The monoisotopic (exact) mass is 199 g/mol. The van der Waals surface area contributed by atoms with Gasteiger partial charge in [0.25, 0.3) is 0 Å². The van der Waals surface area contributed by atoms with Gasteiger partial charge in [-0.1, -0.05) is 20.8 Å². The Labute approximate surface area is 88.3 Å². The minimum atomic E-state index is -0.222. The van der Waals surface area contributed by atoms with Gasteiger partial charge in [-0.25, -0.2) is 0 Å². The van der Waals surface area contributed by atoms with E-state index in [9.17, 15) is 5.11 Å². The molecule has 0 aliphatic carbocycles. The van der Waals surface area contributed by atoms with Gasteiger partial charge in [-0.3, -0.25) is 4.90 Å². The van der Waals surface area contributed by atoms with E-state index in [1.54, 1.807) is 0 Å². The van der Waals surface area contributed by atoms with E-state index >= 15 is 0 Å². The Hall–Kier alpha value is -0.0800. The molecule has 2 nitrogen and oxygen atoms in total. The Morgan fingerprint density at radius 3 is 2.64 bits per heavy atom. The molecule has 2 heteroatoms. The third kappa shape index (κ3) is 2.71. The number of hydrogen-bond acceptors (Lipinski definition) is 2. The maximum atomic E-state index is 9.67. The zero-order chi connectivity index (χ0) is 10.8. The first-order chi connectivity index (χ1) is 6.47. The highest BCUT2D eigenvalue weighted by Crippen LogP contribution is 2.28. The average Bonchev–Trinajstić information content (AvgIpc) is 2.50. The number of nitrogens with zero attached hydrogens (tertiary/aromatic N) is 1. The van der Waals surface area contributed by atoms with E-state index < -0.39 is 0 Å². The van der Waals surface area contributed by atoms with E-state index in [-0.39, 0.29) is 11.5 Å². The number of rotatable bonds is 4. The van der Waals surface area contributed by atoms with Crippen LogP contribution in [0.5, 0.6) is 0 Å². The Morgan fingerprint density at radius 2 is 2.14 bits per heavy atom. The molecular formula is C12H25NO. The van der Waals surface area contributed by atoms with Crippen molar-refractivity contribution in [2.75, 3.05) is 13.1 Å². The van der Waals surface area contributed by atoms with Gasteiger partial charge in [-0.05, 0) is 32.7 Å². The highest BCUT2D eigenvalue weighted by Gasteiger charge is 2.31. The standard InChI is InChI=1S/C12H25NO/c1-5-11-7-6-8-13(11)9-12(3,4)10(2)14/h10-11,14H,5-9H2,1-4H3.